The second-order valence-electron chi connectivity index (χ2n) is 4.54. The molecule has 0 atom stereocenters. The first-order chi connectivity index (χ1) is 8.56. The molecule has 0 unspecified atom stereocenters. The SMILES string of the molecule is CC(=O)Cc1ccc(-c2ccc(F)c(C)c2)cc1. The highest BCUT2D eigenvalue weighted by Gasteiger charge is 2.03. The van der Waals surface area contributed by atoms with Crippen molar-refractivity contribution < 1.29 is 9.18 Å². The Labute approximate surface area is 106 Å². The van der Waals surface area contributed by atoms with E-state index in [0.29, 0.717) is 12.0 Å². The van der Waals surface area contributed by atoms with Crippen molar-refractivity contribution >= 4 is 5.78 Å². The zero-order chi connectivity index (χ0) is 13.1. The van der Waals surface area contributed by atoms with E-state index in [1.165, 1.54) is 6.07 Å². The van der Waals surface area contributed by atoms with Crippen molar-refractivity contribution in [3.63, 3.8) is 0 Å². The van der Waals surface area contributed by atoms with Crippen molar-refractivity contribution in [1.82, 2.24) is 0 Å². The van der Waals surface area contributed by atoms with Crippen molar-refractivity contribution in [3.8, 4) is 11.1 Å². The quantitative estimate of drug-likeness (QED) is 0.797. The van der Waals surface area contributed by atoms with Crippen LogP contribution in [0.5, 0.6) is 0 Å². The molecule has 0 bridgehead atoms. The number of ketones is 1. The number of hydrogen-bond donors (Lipinski definition) is 0. The van der Waals surface area contributed by atoms with Crippen LogP contribution in [0.15, 0.2) is 42.5 Å². The summed E-state index contributed by atoms with van der Waals surface area (Å²) in [5.74, 6) is -0.0349. The molecule has 2 aromatic carbocycles. The molecule has 92 valence electrons. The lowest BCUT2D eigenvalue weighted by Gasteiger charge is -2.05. The van der Waals surface area contributed by atoms with Gasteiger partial charge in [0.15, 0.2) is 0 Å². The fraction of sp³-hybridized carbons (Fsp3) is 0.188. The molecule has 0 aliphatic heterocycles. The predicted octanol–water partition coefficient (Wildman–Crippen LogP) is 3.93. The zero-order valence-electron chi connectivity index (χ0n) is 10.5. The molecule has 0 aliphatic rings. The Hall–Kier alpha value is -1.96. The van der Waals surface area contributed by atoms with Gasteiger partial charge in [-0.05, 0) is 48.2 Å². The Morgan fingerprint density at radius 1 is 1.06 bits per heavy atom. The number of rotatable bonds is 3. The van der Waals surface area contributed by atoms with Gasteiger partial charge in [-0.25, -0.2) is 4.39 Å². The fourth-order valence-electron chi connectivity index (χ4n) is 1.93. The standard InChI is InChI=1S/C16H15FO/c1-11-9-15(7-8-16(11)17)14-5-3-13(4-6-14)10-12(2)18/h3-9H,10H2,1-2H3. The minimum absolute atomic E-state index is 0.153. The maximum atomic E-state index is 13.2. The lowest BCUT2D eigenvalue weighted by molar-refractivity contribution is -0.116. The van der Waals surface area contributed by atoms with Crippen LogP contribution in [0.1, 0.15) is 18.1 Å². The average Bonchev–Trinajstić information content (AvgIpc) is 2.33. The van der Waals surface area contributed by atoms with Crippen LogP contribution in [0.3, 0.4) is 0 Å². The Morgan fingerprint density at radius 2 is 1.67 bits per heavy atom. The number of carbonyl (C=O) groups excluding carboxylic acids is 1. The van der Waals surface area contributed by atoms with Crippen molar-refractivity contribution in [1.29, 1.82) is 0 Å². The number of halogens is 1. The monoisotopic (exact) mass is 242 g/mol. The summed E-state index contributed by atoms with van der Waals surface area (Å²) >= 11 is 0. The summed E-state index contributed by atoms with van der Waals surface area (Å²) in [6.07, 6.45) is 0.461. The Morgan fingerprint density at radius 3 is 2.22 bits per heavy atom. The van der Waals surface area contributed by atoms with Crippen LogP contribution in [-0.2, 0) is 11.2 Å². The van der Waals surface area contributed by atoms with Gasteiger partial charge in [0.25, 0.3) is 0 Å². The third-order valence-electron chi connectivity index (χ3n) is 2.90. The molecule has 0 saturated heterocycles. The van der Waals surface area contributed by atoms with Gasteiger partial charge in [-0.2, -0.15) is 0 Å². The van der Waals surface area contributed by atoms with Gasteiger partial charge in [0.05, 0.1) is 0 Å². The van der Waals surface area contributed by atoms with Crippen LogP contribution in [-0.4, -0.2) is 5.78 Å². The molecule has 0 N–H and O–H groups in total. The van der Waals surface area contributed by atoms with Crippen molar-refractivity contribution in [3.05, 3.63) is 59.4 Å². The maximum Gasteiger partial charge on any atom is 0.134 e. The van der Waals surface area contributed by atoms with Crippen LogP contribution in [0.2, 0.25) is 0 Å². The summed E-state index contributed by atoms with van der Waals surface area (Å²) in [7, 11) is 0. The maximum absolute atomic E-state index is 13.2. The topological polar surface area (TPSA) is 17.1 Å². The zero-order valence-corrected chi connectivity index (χ0v) is 10.5. The van der Waals surface area contributed by atoms with Gasteiger partial charge in [0, 0.05) is 6.42 Å². The van der Waals surface area contributed by atoms with Crippen LogP contribution < -0.4 is 0 Å². The molecular weight excluding hydrogens is 227 g/mol. The molecule has 2 heteroatoms. The van der Waals surface area contributed by atoms with Crippen molar-refractivity contribution in [2.45, 2.75) is 20.3 Å². The molecule has 0 aromatic heterocycles. The number of carbonyl (C=O) groups is 1. The van der Waals surface area contributed by atoms with Gasteiger partial charge in [0.1, 0.15) is 11.6 Å². The van der Waals surface area contributed by atoms with E-state index in [2.05, 4.69) is 0 Å². The van der Waals surface area contributed by atoms with E-state index in [9.17, 15) is 9.18 Å². The number of aryl methyl sites for hydroxylation is 1. The molecule has 1 nitrogen and oxygen atoms in total. The van der Waals surface area contributed by atoms with Crippen molar-refractivity contribution in [2.24, 2.45) is 0 Å². The van der Waals surface area contributed by atoms with E-state index in [1.54, 1.807) is 19.9 Å². The van der Waals surface area contributed by atoms with E-state index < -0.39 is 0 Å². The van der Waals surface area contributed by atoms with E-state index in [0.717, 1.165) is 16.7 Å². The molecule has 0 fully saturated rings. The molecule has 0 radical (unpaired) electrons. The summed E-state index contributed by atoms with van der Waals surface area (Å²) in [6.45, 7) is 3.33. The largest absolute Gasteiger partial charge is 0.300 e. The minimum Gasteiger partial charge on any atom is -0.300 e. The Balaban J connectivity index is 2.28. The molecule has 0 spiro atoms. The second kappa shape index (κ2) is 5.13. The highest BCUT2D eigenvalue weighted by molar-refractivity contribution is 5.78. The molecule has 2 aromatic rings. The summed E-state index contributed by atoms with van der Waals surface area (Å²) in [5, 5.41) is 0. The fourth-order valence-corrected chi connectivity index (χ4v) is 1.93. The molecule has 0 aliphatic carbocycles. The summed E-state index contributed by atoms with van der Waals surface area (Å²) < 4.78 is 13.2. The lowest BCUT2D eigenvalue weighted by Crippen LogP contribution is -1.95. The minimum atomic E-state index is -0.188. The molecule has 18 heavy (non-hydrogen) atoms. The third-order valence-corrected chi connectivity index (χ3v) is 2.90. The molecule has 0 amide bonds. The number of hydrogen-bond acceptors (Lipinski definition) is 1. The first kappa shape index (κ1) is 12.5. The Kier molecular flexibility index (Phi) is 3.56. The van der Waals surface area contributed by atoms with E-state index in [1.807, 2.05) is 30.3 Å². The summed E-state index contributed by atoms with van der Waals surface area (Å²) in [6, 6.07) is 12.9. The molecule has 0 heterocycles. The highest BCUT2D eigenvalue weighted by atomic mass is 19.1. The van der Waals surface area contributed by atoms with Crippen molar-refractivity contribution in [2.75, 3.05) is 0 Å². The van der Waals surface area contributed by atoms with Gasteiger partial charge < -0.3 is 0 Å². The molecular formula is C16H15FO. The normalized spacial score (nSPS) is 10.4. The third kappa shape index (κ3) is 2.83. The smallest absolute Gasteiger partial charge is 0.134 e. The lowest BCUT2D eigenvalue weighted by atomic mass is 10.0. The van der Waals surface area contributed by atoms with E-state index in [-0.39, 0.29) is 11.6 Å². The van der Waals surface area contributed by atoms with Gasteiger partial charge in [-0.15, -0.1) is 0 Å². The van der Waals surface area contributed by atoms with E-state index >= 15 is 0 Å². The van der Waals surface area contributed by atoms with Gasteiger partial charge in [-0.1, -0.05) is 30.3 Å². The Bertz CT molecular complexity index is 570. The van der Waals surface area contributed by atoms with Crippen LogP contribution in [0.4, 0.5) is 4.39 Å². The average molecular weight is 242 g/mol. The first-order valence-corrected chi connectivity index (χ1v) is 5.91. The van der Waals surface area contributed by atoms with Crippen LogP contribution in [0.25, 0.3) is 11.1 Å². The predicted molar refractivity (Wildman–Crippen MR) is 71.0 cm³/mol. The molecule has 0 saturated carbocycles. The van der Waals surface area contributed by atoms with Crippen LogP contribution >= 0.6 is 0 Å². The number of benzene rings is 2. The second-order valence-corrected chi connectivity index (χ2v) is 4.54. The van der Waals surface area contributed by atoms with E-state index in [4.69, 9.17) is 0 Å². The van der Waals surface area contributed by atoms with Gasteiger partial charge in [0.2, 0.25) is 0 Å². The van der Waals surface area contributed by atoms with Gasteiger partial charge in [-0.3, -0.25) is 4.79 Å². The first-order valence-electron chi connectivity index (χ1n) is 5.91. The molecule has 2 rings (SSSR count). The highest BCUT2D eigenvalue weighted by Crippen LogP contribution is 2.22. The summed E-state index contributed by atoms with van der Waals surface area (Å²) in [5.41, 5.74) is 3.67. The van der Waals surface area contributed by atoms with Crippen LogP contribution in [0, 0.1) is 12.7 Å². The summed E-state index contributed by atoms with van der Waals surface area (Å²) in [4.78, 5) is 11.0. The van der Waals surface area contributed by atoms with Gasteiger partial charge >= 0.3 is 0 Å². The number of Topliss-reactive ketones (excluding diaryl/α,β-unsaturated/α-hetero) is 1.